The fourth-order valence-electron chi connectivity index (χ4n) is 3.13. The number of halogens is 2. The average Bonchev–Trinajstić information content (AvgIpc) is 2.75. The molecule has 1 heterocycles. The third-order valence-electron chi connectivity index (χ3n) is 4.78. The summed E-state index contributed by atoms with van der Waals surface area (Å²) in [6.45, 7) is 9.55. The second-order valence-electron chi connectivity index (χ2n) is 8.57. The maximum Gasteiger partial charge on any atom is 0.344 e. The second kappa shape index (κ2) is 10.4. The minimum Gasteiger partial charge on any atom is -0.490 e. The molecule has 0 unspecified atom stereocenters. The number of nitrogens with zero attached hydrogens (tertiary/aromatic N) is 3. The van der Waals surface area contributed by atoms with Gasteiger partial charge in [0.25, 0.3) is 5.56 Å². The highest BCUT2D eigenvalue weighted by Crippen LogP contribution is 2.35. The molecule has 0 aliphatic heterocycles. The van der Waals surface area contributed by atoms with Gasteiger partial charge in [-0.3, -0.25) is 4.79 Å². The van der Waals surface area contributed by atoms with Crippen LogP contribution in [0, 0.1) is 3.57 Å². The van der Waals surface area contributed by atoms with Crippen LogP contribution in [-0.2, 0) is 10.2 Å². The molecule has 0 bridgehead atoms. The molecule has 8 nitrogen and oxygen atoms in total. The van der Waals surface area contributed by atoms with E-state index in [0.717, 1.165) is 4.47 Å². The van der Waals surface area contributed by atoms with Gasteiger partial charge in [0.1, 0.15) is 5.82 Å². The van der Waals surface area contributed by atoms with E-state index < -0.39 is 17.5 Å². The van der Waals surface area contributed by atoms with E-state index in [2.05, 4.69) is 43.6 Å². The van der Waals surface area contributed by atoms with Crippen LogP contribution < -0.4 is 15.0 Å². The Bertz CT molecular complexity index is 1330. The molecule has 0 amide bonds. The van der Waals surface area contributed by atoms with Crippen molar-refractivity contribution in [3.63, 3.8) is 0 Å². The Morgan fingerprint density at radius 1 is 1.32 bits per heavy atom. The largest absolute Gasteiger partial charge is 0.490 e. The van der Waals surface area contributed by atoms with E-state index in [-0.39, 0.29) is 5.56 Å². The van der Waals surface area contributed by atoms with Gasteiger partial charge in [-0.1, -0.05) is 36.7 Å². The molecule has 34 heavy (non-hydrogen) atoms. The van der Waals surface area contributed by atoms with Crippen molar-refractivity contribution in [3.05, 3.63) is 60.1 Å². The van der Waals surface area contributed by atoms with Gasteiger partial charge >= 0.3 is 5.97 Å². The highest BCUT2D eigenvalue weighted by Gasteiger charge is 2.23. The van der Waals surface area contributed by atoms with Crippen LogP contribution in [0.5, 0.6) is 11.5 Å². The lowest BCUT2D eigenvalue weighted by molar-refractivity contribution is -0.144. The Labute approximate surface area is 219 Å². The van der Waals surface area contributed by atoms with E-state index in [1.165, 1.54) is 11.6 Å². The zero-order valence-corrected chi connectivity index (χ0v) is 23.2. The lowest BCUT2D eigenvalue weighted by Crippen LogP contribution is -2.29. The minimum atomic E-state index is -1.08. The molecule has 1 N–H and O–H groups in total. The van der Waals surface area contributed by atoms with Gasteiger partial charge in [0.15, 0.2) is 17.6 Å². The minimum absolute atomic E-state index is 0.276. The Kier molecular flexibility index (Phi) is 8.02. The number of hydrogen-bond acceptors (Lipinski definition) is 6. The normalized spacial score (nSPS) is 12.8. The zero-order chi connectivity index (χ0) is 25.2. The molecule has 0 aliphatic rings. The summed E-state index contributed by atoms with van der Waals surface area (Å²) >= 11 is 5.47. The fourth-order valence-corrected chi connectivity index (χ4v) is 4.25. The fraction of sp³-hybridized carbons (Fsp3) is 0.333. The van der Waals surface area contributed by atoms with Crippen molar-refractivity contribution in [1.29, 1.82) is 0 Å². The quantitative estimate of drug-likeness (QED) is 0.281. The summed E-state index contributed by atoms with van der Waals surface area (Å²) in [5, 5.41) is 14.1. The highest BCUT2D eigenvalue weighted by molar-refractivity contribution is 14.1. The number of carbonyl (C=O) groups is 1. The average molecular weight is 642 g/mol. The molecule has 3 aromatic rings. The van der Waals surface area contributed by atoms with E-state index in [1.54, 1.807) is 30.5 Å². The number of benzene rings is 2. The van der Waals surface area contributed by atoms with Crippen molar-refractivity contribution in [2.75, 3.05) is 6.61 Å². The van der Waals surface area contributed by atoms with Crippen molar-refractivity contribution in [3.8, 4) is 11.5 Å². The number of carboxylic acid groups (broad SMARTS) is 1. The number of carboxylic acids is 1. The smallest absolute Gasteiger partial charge is 0.344 e. The van der Waals surface area contributed by atoms with Gasteiger partial charge in [-0.15, -0.1) is 0 Å². The summed E-state index contributed by atoms with van der Waals surface area (Å²) in [5.41, 5.74) is 0.548. The Balaban J connectivity index is 2.13. The van der Waals surface area contributed by atoms with Crippen LogP contribution in [-0.4, -0.2) is 39.7 Å². The first-order valence-corrected chi connectivity index (χ1v) is 12.4. The summed E-state index contributed by atoms with van der Waals surface area (Å²) in [6, 6.07) is 8.86. The van der Waals surface area contributed by atoms with Crippen LogP contribution in [0.3, 0.4) is 0 Å². The van der Waals surface area contributed by atoms with Gasteiger partial charge in [0, 0.05) is 9.89 Å². The van der Waals surface area contributed by atoms with Gasteiger partial charge in [-0.25, -0.2) is 9.78 Å². The first-order chi connectivity index (χ1) is 15.9. The third kappa shape index (κ3) is 5.77. The molecule has 180 valence electrons. The molecular weight excluding hydrogens is 617 g/mol. The van der Waals surface area contributed by atoms with Crippen LogP contribution in [0.4, 0.5) is 0 Å². The van der Waals surface area contributed by atoms with Crippen LogP contribution in [0.2, 0.25) is 0 Å². The Morgan fingerprint density at radius 3 is 2.65 bits per heavy atom. The molecule has 0 aliphatic carbocycles. The van der Waals surface area contributed by atoms with E-state index in [1.807, 2.05) is 33.8 Å². The Hall–Kier alpha value is -2.47. The van der Waals surface area contributed by atoms with Crippen LogP contribution >= 0.6 is 38.5 Å². The van der Waals surface area contributed by atoms with Gasteiger partial charge in [-0.2, -0.15) is 9.78 Å². The van der Waals surface area contributed by atoms with Crippen molar-refractivity contribution in [2.45, 2.75) is 46.1 Å². The first kappa shape index (κ1) is 26.1. The van der Waals surface area contributed by atoms with Crippen molar-refractivity contribution < 1.29 is 19.4 Å². The molecule has 1 atom stereocenters. The van der Waals surface area contributed by atoms with Crippen LogP contribution in [0.1, 0.15) is 46.0 Å². The third-order valence-corrected chi connectivity index (χ3v) is 6.07. The van der Waals surface area contributed by atoms with E-state index in [0.29, 0.717) is 44.0 Å². The standard InChI is InChI=1S/C24H25BrIN3O5/c1-6-33-19-10-14(9-17(26)20(19)34-13(2)22(31)32)12-27-29-21(30)16-11-15(25)7-8-18(16)28-23(29)24(3,4)5/h7-13H,6H2,1-5H3,(H,31,32)/t13-/m1/s1. The molecule has 0 spiro atoms. The van der Waals surface area contributed by atoms with Gasteiger partial charge < -0.3 is 14.6 Å². The van der Waals surface area contributed by atoms with Crippen LogP contribution in [0.25, 0.3) is 10.9 Å². The topological polar surface area (TPSA) is 103 Å². The number of aliphatic carboxylic acids is 1. The Morgan fingerprint density at radius 2 is 2.03 bits per heavy atom. The van der Waals surface area contributed by atoms with Crippen molar-refractivity contribution in [2.24, 2.45) is 5.10 Å². The zero-order valence-electron chi connectivity index (χ0n) is 19.4. The summed E-state index contributed by atoms with van der Waals surface area (Å²) < 4.78 is 14.0. The SMILES string of the molecule is CCOc1cc(C=Nn2c(C(C)(C)C)nc3ccc(Br)cc3c2=O)cc(I)c1O[C@H](C)C(=O)O. The first-order valence-electron chi connectivity index (χ1n) is 10.5. The number of hydrogen-bond donors (Lipinski definition) is 1. The van der Waals surface area contributed by atoms with Crippen molar-refractivity contribution in [1.82, 2.24) is 9.66 Å². The summed E-state index contributed by atoms with van der Waals surface area (Å²) in [6.07, 6.45) is 0.514. The lowest BCUT2D eigenvalue weighted by Gasteiger charge is -2.21. The lowest BCUT2D eigenvalue weighted by atomic mass is 9.95. The van der Waals surface area contributed by atoms with Gasteiger partial charge in [-0.05, 0) is 72.3 Å². The molecular formula is C24H25BrIN3O5. The van der Waals surface area contributed by atoms with Crippen LogP contribution in [0.15, 0.2) is 44.7 Å². The molecule has 0 saturated carbocycles. The monoisotopic (exact) mass is 641 g/mol. The number of ether oxygens (including phenoxy) is 2. The van der Waals surface area contributed by atoms with E-state index in [4.69, 9.17) is 14.5 Å². The molecule has 1 aromatic heterocycles. The maximum atomic E-state index is 13.3. The number of rotatable bonds is 7. The van der Waals surface area contributed by atoms with E-state index in [9.17, 15) is 14.7 Å². The van der Waals surface area contributed by atoms with E-state index >= 15 is 0 Å². The summed E-state index contributed by atoms with van der Waals surface area (Å²) in [4.78, 5) is 29.3. The number of aromatic nitrogens is 2. The molecule has 10 heteroatoms. The highest BCUT2D eigenvalue weighted by atomic mass is 127. The maximum absolute atomic E-state index is 13.3. The predicted molar refractivity (Wildman–Crippen MR) is 143 cm³/mol. The van der Waals surface area contributed by atoms with Gasteiger partial charge in [0.2, 0.25) is 0 Å². The molecule has 3 rings (SSSR count). The second-order valence-corrected chi connectivity index (χ2v) is 10.6. The summed E-state index contributed by atoms with van der Waals surface area (Å²) in [7, 11) is 0. The molecule has 0 fully saturated rings. The van der Waals surface area contributed by atoms with Gasteiger partial charge in [0.05, 0.1) is 27.3 Å². The summed E-state index contributed by atoms with van der Waals surface area (Å²) in [5.74, 6) is 0.194. The predicted octanol–water partition coefficient (Wildman–Crippen LogP) is 5.19. The van der Waals surface area contributed by atoms with Crippen molar-refractivity contribution >= 4 is 61.6 Å². The molecule has 0 radical (unpaired) electrons. The molecule has 2 aromatic carbocycles. The molecule has 0 saturated heterocycles. The number of fused-ring (bicyclic) bond motifs is 1.